The van der Waals surface area contributed by atoms with Gasteiger partial charge in [0.05, 0.1) is 12.5 Å². The second-order valence-corrected chi connectivity index (χ2v) is 7.21. The minimum absolute atomic E-state index is 0.365. The predicted molar refractivity (Wildman–Crippen MR) is 97.0 cm³/mol. The van der Waals surface area contributed by atoms with Gasteiger partial charge in [-0.25, -0.2) is 4.79 Å². The molecule has 1 heterocycles. The molecule has 0 radical (unpaired) electrons. The van der Waals surface area contributed by atoms with E-state index < -0.39 is 60.3 Å². The molecule has 0 aromatic heterocycles. The van der Waals surface area contributed by atoms with Crippen molar-refractivity contribution in [3.63, 3.8) is 0 Å². The third-order valence-corrected chi connectivity index (χ3v) is 4.47. The largest absolute Gasteiger partial charge is 0.481 e. The summed E-state index contributed by atoms with van der Waals surface area (Å²) in [6.45, 7) is 5.21. The Balaban J connectivity index is 2.87. The fraction of sp³-hybridized carbons (Fsp3) is 0.706. The number of carboxylic acids is 2. The van der Waals surface area contributed by atoms with Gasteiger partial charge in [-0.1, -0.05) is 13.8 Å². The van der Waals surface area contributed by atoms with Crippen LogP contribution in [0.4, 0.5) is 0 Å². The molecule has 28 heavy (non-hydrogen) atoms. The Morgan fingerprint density at radius 1 is 1.11 bits per heavy atom. The molecule has 0 aromatic carbocycles. The number of carbonyl (C=O) groups is 5. The van der Waals surface area contributed by atoms with Gasteiger partial charge in [0.15, 0.2) is 0 Å². The van der Waals surface area contributed by atoms with Gasteiger partial charge in [0.1, 0.15) is 18.1 Å². The number of hydrogen-bond acceptors (Lipinski definition) is 6. The van der Waals surface area contributed by atoms with Crippen molar-refractivity contribution in [1.82, 2.24) is 15.5 Å². The summed E-state index contributed by atoms with van der Waals surface area (Å²) in [7, 11) is 0. The Labute approximate surface area is 162 Å². The second kappa shape index (κ2) is 10.0. The molecule has 4 atom stereocenters. The fourth-order valence-corrected chi connectivity index (χ4v) is 2.99. The van der Waals surface area contributed by atoms with Gasteiger partial charge >= 0.3 is 11.9 Å². The molecule has 0 bridgehead atoms. The van der Waals surface area contributed by atoms with Gasteiger partial charge in [-0.2, -0.15) is 0 Å². The van der Waals surface area contributed by atoms with E-state index in [2.05, 4.69) is 10.6 Å². The number of likely N-dealkylation sites (tertiary alicyclic amines) is 1. The quantitative estimate of drug-likeness (QED) is 0.310. The van der Waals surface area contributed by atoms with Gasteiger partial charge in [-0.05, 0) is 25.7 Å². The van der Waals surface area contributed by atoms with E-state index >= 15 is 0 Å². The van der Waals surface area contributed by atoms with Crippen LogP contribution in [-0.2, 0) is 24.0 Å². The number of nitrogens with zero attached hydrogens (tertiary/aromatic N) is 1. The highest BCUT2D eigenvalue weighted by Crippen LogP contribution is 2.19. The van der Waals surface area contributed by atoms with Crippen LogP contribution in [0, 0.1) is 5.92 Å². The molecule has 1 rings (SSSR count). The molecule has 0 spiro atoms. The summed E-state index contributed by atoms with van der Waals surface area (Å²) in [5.74, 6) is -4.98. The van der Waals surface area contributed by atoms with Crippen LogP contribution in [0.15, 0.2) is 0 Å². The van der Waals surface area contributed by atoms with Gasteiger partial charge < -0.3 is 31.5 Å². The van der Waals surface area contributed by atoms with Crippen LogP contribution < -0.4 is 16.4 Å². The summed E-state index contributed by atoms with van der Waals surface area (Å²) >= 11 is 0. The van der Waals surface area contributed by atoms with Crippen molar-refractivity contribution < 1.29 is 34.2 Å². The van der Waals surface area contributed by atoms with Gasteiger partial charge in [-0.15, -0.1) is 0 Å². The maximum atomic E-state index is 12.7. The van der Waals surface area contributed by atoms with Crippen LogP contribution in [0.1, 0.15) is 40.0 Å². The van der Waals surface area contributed by atoms with Crippen molar-refractivity contribution in [2.45, 2.75) is 64.2 Å². The number of aliphatic carboxylic acids is 2. The second-order valence-electron chi connectivity index (χ2n) is 7.21. The fourth-order valence-electron chi connectivity index (χ4n) is 2.99. The van der Waals surface area contributed by atoms with Crippen molar-refractivity contribution >= 4 is 29.7 Å². The Morgan fingerprint density at radius 3 is 2.18 bits per heavy atom. The molecule has 1 fully saturated rings. The molecule has 0 saturated carbocycles. The maximum Gasteiger partial charge on any atom is 0.326 e. The molecule has 11 heteroatoms. The average molecular weight is 400 g/mol. The van der Waals surface area contributed by atoms with Gasteiger partial charge in [0.2, 0.25) is 17.7 Å². The van der Waals surface area contributed by atoms with E-state index in [1.54, 1.807) is 13.8 Å². The third-order valence-electron chi connectivity index (χ3n) is 4.47. The minimum atomic E-state index is -1.62. The lowest BCUT2D eigenvalue weighted by Gasteiger charge is -2.29. The standard InChI is InChI=1S/C17H28N4O7/c1-8(2)13(15(25)19-10(17(27)28)7-12(22)23)20-14(24)11-5-4-6-21(11)16(26)9(3)18/h8-11,13H,4-7,18H2,1-3H3,(H,19,25)(H,20,24)(H,22,23)(H,27,28). The van der Waals surface area contributed by atoms with Crippen molar-refractivity contribution in [3.8, 4) is 0 Å². The van der Waals surface area contributed by atoms with E-state index in [-0.39, 0.29) is 5.91 Å². The van der Waals surface area contributed by atoms with Crippen LogP contribution in [0.25, 0.3) is 0 Å². The smallest absolute Gasteiger partial charge is 0.326 e. The van der Waals surface area contributed by atoms with Crippen molar-refractivity contribution in [1.29, 1.82) is 0 Å². The van der Waals surface area contributed by atoms with Crippen LogP contribution in [0.2, 0.25) is 0 Å². The first-order valence-corrected chi connectivity index (χ1v) is 9.07. The first-order valence-electron chi connectivity index (χ1n) is 9.07. The van der Waals surface area contributed by atoms with E-state index in [0.717, 1.165) is 0 Å². The molecule has 1 aliphatic rings. The number of rotatable bonds is 9. The molecule has 4 unspecified atom stereocenters. The highest BCUT2D eigenvalue weighted by atomic mass is 16.4. The predicted octanol–water partition coefficient (Wildman–Crippen LogP) is -1.49. The molecule has 3 amide bonds. The zero-order valence-corrected chi connectivity index (χ0v) is 16.2. The minimum Gasteiger partial charge on any atom is -0.481 e. The lowest BCUT2D eigenvalue weighted by Crippen LogP contribution is -2.58. The molecule has 1 aliphatic heterocycles. The van der Waals surface area contributed by atoms with Crippen LogP contribution in [-0.4, -0.2) is 75.5 Å². The lowest BCUT2D eigenvalue weighted by molar-refractivity contribution is -0.147. The van der Waals surface area contributed by atoms with Crippen LogP contribution in [0.3, 0.4) is 0 Å². The Bertz CT molecular complexity index is 635. The van der Waals surface area contributed by atoms with E-state index in [1.807, 2.05) is 0 Å². The maximum absolute atomic E-state index is 12.7. The van der Waals surface area contributed by atoms with Gasteiger partial charge in [0, 0.05) is 6.54 Å². The molecule has 1 saturated heterocycles. The number of nitrogens with one attached hydrogen (secondary N) is 2. The summed E-state index contributed by atoms with van der Waals surface area (Å²) in [4.78, 5) is 60.6. The Kier molecular flexibility index (Phi) is 8.35. The molecule has 0 aliphatic carbocycles. The number of carbonyl (C=O) groups excluding carboxylic acids is 3. The molecular weight excluding hydrogens is 372 g/mol. The number of nitrogens with two attached hydrogens (primary N) is 1. The number of amides is 3. The van der Waals surface area contributed by atoms with Gasteiger partial charge in [-0.3, -0.25) is 19.2 Å². The molecule has 158 valence electrons. The van der Waals surface area contributed by atoms with E-state index in [1.165, 1.54) is 11.8 Å². The summed E-state index contributed by atoms with van der Waals surface area (Å²) in [5, 5.41) is 22.5. The Morgan fingerprint density at radius 2 is 1.71 bits per heavy atom. The summed E-state index contributed by atoms with van der Waals surface area (Å²) in [6.07, 6.45) is 0.251. The number of carboxylic acid groups (broad SMARTS) is 2. The van der Waals surface area contributed by atoms with E-state index in [0.29, 0.717) is 19.4 Å². The monoisotopic (exact) mass is 400 g/mol. The topological polar surface area (TPSA) is 179 Å². The molecule has 0 aromatic rings. The SMILES string of the molecule is CC(N)C(=O)N1CCCC1C(=O)NC(C(=O)NC(CC(=O)O)C(=O)O)C(C)C. The number of hydrogen-bond donors (Lipinski definition) is 5. The highest BCUT2D eigenvalue weighted by molar-refractivity contribution is 5.95. The van der Waals surface area contributed by atoms with E-state index in [9.17, 15) is 24.0 Å². The summed E-state index contributed by atoms with van der Waals surface area (Å²) in [6, 6.07) is -4.23. The first kappa shape index (κ1) is 23.3. The normalized spacial score (nSPS) is 19.6. The van der Waals surface area contributed by atoms with E-state index in [4.69, 9.17) is 15.9 Å². The zero-order valence-electron chi connectivity index (χ0n) is 16.2. The van der Waals surface area contributed by atoms with Gasteiger partial charge in [0.25, 0.3) is 0 Å². The highest BCUT2D eigenvalue weighted by Gasteiger charge is 2.37. The van der Waals surface area contributed by atoms with Crippen molar-refractivity contribution in [3.05, 3.63) is 0 Å². The average Bonchev–Trinajstić information content (AvgIpc) is 3.06. The van der Waals surface area contributed by atoms with Crippen molar-refractivity contribution in [2.75, 3.05) is 6.54 Å². The van der Waals surface area contributed by atoms with Crippen molar-refractivity contribution in [2.24, 2.45) is 11.7 Å². The molecular formula is C17H28N4O7. The first-order chi connectivity index (χ1) is 13.0. The third kappa shape index (κ3) is 6.19. The lowest BCUT2D eigenvalue weighted by atomic mass is 10.0. The Hall–Kier alpha value is -2.69. The molecule has 6 N–H and O–H groups in total. The van der Waals surface area contributed by atoms with Crippen LogP contribution in [0.5, 0.6) is 0 Å². The van der Waals surface area contributed by atoms with Crippen LogP contribution >= 0.6 is 0 Å². The zero-order chi connectivity index (χ0) is 21.6. The summed E-state index contributed by atoms with van der Waals surface area (Å²) in [5.41, 5.74) is 5.61. The summed E-state index contributed by atoms with van der Waals surface area (Å²) < 4.78 is 0. The molecule has 11 nitrogen and oxygen atoms in total.